The Kier molecular flexibility index (Phi) is 6.20. The summed E-state index contributed by atoms with van der Waals surface area (Å²) < 4.78 is 0. The summed E-state index contributed by atoms with van der Waals surface area (Å²) in [4.78, 5) is 11.9. The van der Waals surface area contributed by atoms with E-state index in [0.717, 1.165) is 25.7 Å². The molecule has 0 bridgehead atoms. The summed E-state index contributed by atoms with van der Waals surface area (Å²) >= 11 is 0. The summed E-state index contributed by atoms with van der Waals surface area (Å²) in [5.74, 6) is 0.479. The maximum absolute atomic E-state index is 11.9. The largest absolute Gasteiger partial charge is 0.353 e. The van der Waals surface area contributed by atoms with E-state index in [0.29, 0.717) is 6.04 Å². The molecule has 2 atom stereocenters. The molecular formula is C14H25NO. The lowest BCUT2D eigenvalue weighted by Gasteiger charge is -2.20. The molecule has 2 unspecified atom stereocenters. The third kappa shape index (κ3) is 4.82. The normalized spacial score (nSPS) is 21.8. The summed E-state index contributed by atoms with van der Waals surface area (Å²) in [7, 11) is 0. The van der Waals surface area contributed by atoms with Crippen LogP contribution in [0.5, 0.6) is 0 Å². The summed E-state index contributed by atoms with van der Waals surface area (Å²) in [5.41, 5.74) is 0. The van der Waals surface area contributed by atoms with Crippen molar-refractivity contribution in [3.8, 4) is 0 Å². The van der Waals surface area contributed by atoms with Gasteiger partial charge in [0.15, 0.2) is 0 Å². The summed E-state index contributed by atoms with van der Waals surface area (Å²) in [6.45, 7) is 4.32. The van der Waals surface area contributed by atoms with Crippen LogP contribution in [-0.2, 0) is 4.79 Å². The molecule has 0 fully saturated rings. The van der Waals surface area contributed by atoms with Crippen LogP contribution >= 0.6 is 0 Å². The minimum atomic E-state index is 0.221. The van der Waals surface area contributed by atoms with E-state index in [1.165, 1.54) is 19.3 Å². The zero-order chi connectivity index (χ0) is 11.8. The summed E-state index contributed by atoms with van der Waals surface area (Å²) in [6, 6.07) is 0.338. The van der Waals surface area contributed by atoms with E-state index in [4.69, 9.17) is 0 Å². The number of unbranched alkanes of at least 4 members (excludes halogenated alkanes) is 2. The Morgan fingerprint density at radius 2 is 2.25 bits per heavy atom. The first-order valence-corrected chi connectivity index (χ1v) is 6.69. The topological polar surface area (TPSA) is 29.1 Å². The highest BCUT2D eigenvalue weighted by Crippen LogP contribution is 2.18. The third-order valence-electron chi connectivity index (χ3n) is 3.27. The van der Waals surface area contributed by atoms with Gasteiger partial charge in [-0.3, -0.25) is 4.79 Å². The molecule has 0 aromatic carbocycles. The summed E-state index contributed by atoms with van der Waals surface area (Å²) in [6.07, 6.45) is 12.2. The van der Waals surface area contributed by atoms with E-state index in [1.807, 2.05) is 0 Å². The first-order chi connectivity index (χ1) is 7.74. The average Bonchev–Trinajstić information content (AvgIpc) is 2.30. The van der Waals surface area contributed by atoms with Crippen molar-refractivity contribution < 1.29 is 4.79 Å². The third-order valence-corrected chi connectivity index (χ3v) is 3.27. The number of hydrogen-bond acceptors (Lipinski definition) is 1. The average molecular weight is 223 g/mol. The molecule has 2 nitrogen and oxygen atoms in total. The molecule has 0 aromatic heterocycles. The van der Waals surface area contributed by atoms with E-state index >= 15 is 0 Å². The fourth-order valence-corrected chi connectivity index (χ4v) is 2.17. The van der Waals surface area contributed by atoms with Crippen molar-refractivity contribution >= 4 is 5.91 Å². The Morgan fingerprint density at radius 1 is 1.44 bits per heavy atom. The number of nitrogens with one attached hydrogen (secondary N) is 1. The maximum atomic E-state index is 11.9. The van der Waals surface area contributed by atoms with Gasteiger partial charge in [-0.1, -0.05) is 38.3 Å². The van der Waals surface area contributed by atoms with Gasteiger partial charge in [0.1, 0.15) is 0 Å². The lowest BCUT2D eigenvalue weighted by molar-refractivity contribution is -0.125. The number of rotatable bonds is 6. The fraction of sp³-hybridized carbons (Fsp3) is 0.786. The minimum Gasteiger partial charge on any atom is -0.353 e. The first-order valence-electron chi connectivity index (χ1n) is 6.69. The molecule has 0 aliphatic heterocycles. The van der Waals surface area contributed by atoms with Gasteiger partial charge in [0.05, 0.1) is 0 Å². The van der Waals surface area contributed by atoms with Crippen LogP contribution in [0.4, 0.5) is 0 Å². The monoisotopic (exact) mass is 223 g/mol. The first kappa shape index (κ1) is 13.3. The van der Waals surface area contributed by atoms with Crippen molar-refractivity contribution in [1.29, 1.82) is 0 Å². The molecule has 0 heterocycles. The SMILES string of the molecule is CCCCCC(C)NC(=O)C1CC=CCC1. The number of allylic oxidation sites excluding steroid dienone is 2. The Hall–Kier alpha value is -0.790. The molecule has 92 valence electrons. The van der Waals surface area contributed by atoms with Gasteiger partial charge in [-0.2, -0.15) is 0 Å². The molecule has 0 radical (unpaired) electrons. The second-order valence-electron chi connectivity index (χ2n) is 4.89. The number of amides is 1. The Morgan fingerprint density at radius 3 is 2.88 bits per heavy atom. The van der Waals surface area contributed by atoms with Crippen LogP contribution in [-0.4, -0.2) is 11.9 Å². The van der Waals surface area contributed by atoms with E-state index < -0.39 is 0 Å². The molecule has 0 saturated heterocycles. The van der Waals surface area contributed by atoms with E-state index in [9.17, 15) is 4.79 Å². The van der Waals surface area contributed by atoms with Crippen molar-refractivity contribution in [2.45, 2.75) is 64.8 Å². The molecule has 1 aliphatic rings. The maximum Gasteiger partial charge on any atom is 0.223 e. The fourth-order valence-electron chi connectivity index (χ4n) is 2.17. The van der Waals surface area contributed by atoms with E-state index in [2.05, 4.69) is 31.3 Å². The Labute approximate surface area is 99.5 Å². The van der Waals surface area contributed by atoms with Crippen molar-refractivity contribution in [3.63, 3.8) is 0 Å². The Bertz CT molecular complexity index is 235. The predicted octanol–water partition coefficient (Wildman–Crippen LogP) is 3.43. The minimum absolute atomic E-state index is 0.221. The van der Waals surface area contributed by atoms with Gasteiger partial charge < -0.3 is 5.32 Å². The number of carbonyl (C=O) groups is 1. The van der Waals surface area contributed by atoms with Crippen LogP contribution in [0.15, 0.2) is 12.2 Å². The van der Waals surface area contributed by atoms with Crippen LogP contribution in [0.2, 0.25) is 0 Å². The van der Waals surface area contributed by atoms with Crippen molar-refractivity contribution in [3.05, 3.63) is 12.2 Å². The lowest BCUT2D eigenvalue weighted by atomic mass is 9.93. The molecule has 1 rings (SSSR count). The van der Waals surface area contributed by atoms with Gasteiger partial charge in [-0.05, 0) is 32.6 Å². The van der Waals surface area contributed by atoms with Gasteiger partial charge in [-0.15, -0.1) is 0 Å². The lowest BCUT2D eigenvalue weighted by Crippen LogP contribution is -2.37. The predicted molar refractivity (Wildman–Crippen MR) is 68.2 cm³/mol. The zero-order valence-corrected chi connectivity index (χ0v) is 10.7. The second-order valence-corrected chi connectivity index (χ2v) is 4.89. The highest BCUT2D eigenvalue weighted by atomic mass is 16.1. The zero-order valence-electron chi connectivity index (χ0n) is 10.7. The van der Waals surface area contributed by atoms with Crippen LogP contribution in [0, 0.1) is 5.92 Å². The molecule has 1 amide bonds. The standard InChI is InChI=1S/C14H25NO/c1-3-4-6-9-12(2)15-14(16)13-10-7-5-8-11-13/h5,7,12-13H,3-4,6,8-11H2,1-2H3,(H,15,16). The molecule has 16 heavy (non-hydrogen) atoms. The van der Waals surface area contributed by atoms with Gasteiger partial charge in [-0.25, -0.2) is 0 Å². The van der Waals surface area contributed by atoms with Gasteiger partial charge >= 0.3 is 0 Å². The van der Waals surface area contributed by atoms with Crippen molar-refractivity contribution in [2.24, 2.45) is 5.92 Å². The number of hydrogen-bond donors (Lipinski definition) is 1. The van der Waals surface area contributed by atoms with E-state index in [1.54, 1.807) is 0 Å². The van der Waals surface area contributed by atoms with Gasteiger partial charge in [0.25, 0.3) is 0 Å². The second kappa shape index (κ2) is 7.48. The number of carbonyl (C=O) groups excluding carboxylic acids is 1. The molecule has 0 spiro atoms. The van der Waals surface area contributed by atoms with Gasteiger partial charge in [0.2, 0.25) is 5.91 Å². The molecule has 2 heteroatoms. The van der Waals surface area contributed by atoms with Gasteiger partial charge in [0, 0.05) is 12.0 Å². The van der Waals surface area contributed by atoms with Crippen LogP contribution in [0.3, 0.4) is 0 Å². The van der Waals surface area contributed by atoms with E-state index in [-0.39, 0.29) is 11.8 Å². The quantitative estimate of drug-likeness (QED) is 0.542. The molecule has 1 aliphatic carbocycles. The summed E-state index contributed by atoms with van der Waals surface area (Å²) in [5, 5.41) is 3.14. The van der Waals surface area contributed by atoms with Crippen LogP contribution in [0.1, 0.15) is 58.8 Å². The van der Waals surface area contributed by atoms with Crippen molar-refractivity contribution in [1.82, 2.24) is 5.32 Å². The smallest absolute Gasteiger partial charge is 0.223 e. The van der Waals surface area contributed by atoms with Crippen LogP contribution < -0.4 is 5.32 Å². The van der Waals surface area contributed by atoms with Crippen LogP contribution in [0.25, 0.3) is 0 Å². The molecular weight excluding hydrogens is 198 g/mol. The van der Waals surface area contributed by atoms with Crippen molar-refractivity contribution in [2.75, 3.05) is 0 Å². The highest BCUT2D eigenvalue weighted by molar-refractivity contribution is 5.79. The highest BCUT2D eigenvalue weighted by Gasteiger charge is 2.19. The molecule has 0 aromatic rings. The molecule has 0 saturated carbocycles. The molecule has 1 N–H and O–H groups in total. The Balaban J connectivity index is 2.19.